The lowest BCUT2D eigenvalue weighted by molar-refractivity contribution is 0.442. The molecule has 2 aromatic heterocycles. The summed E-state index contributed by atoms with van der Waals surface area (Å²) in [6, 6.07) is 13.6. The molecule has 0 aliphatic rings. The van der Waals surface area contributed by atoms with Crippen LogP contribution in [-0.4, -0.2) is 29.7 Å². The van der Waals surface area contributed by atoms with Crippen LogP contribution in [0.3, 0.4) is 0 Å². The molecule has 0 fully saturated rings. The normalized spacial score (nSPS) is 11.1. The number of hydrogen-bond donors (Lipinski definition) is 3. The van der Waals surface area contributed by atoms with E-state index in [1.54, 1.807) is 59.1 Å². The highest BCUT2D eigenvalue weighted by atomic mass is 16.3. The fraction of sp³-hybridized carbons (Fsp3) is 0.100. The van der Waals surface area contributed by atoms with Crippen LogP contribution in [0, 0.1) is 6.92 Å². The molecule has 3 N–H and O–H groups in total. The monoisotopic (exact) mass is 347 g/mol. The van der Waals surface area contributed by atoms with Gasteiger partial charge < -0.3 is 15.3 Å². The minimum Gasteiger partial charge on any atom is -0.508 e. The second kappa shape index (κ2) is 6.07. The molecule has 0 aliphatic carbocycles. The standard InChI is InChI=1S/C20H17N3O3/c1-12-19-22-17(10-13-2-6-15(24)7-3-13)20(26)23(19)11-18(21-12)14-4-8-16(25)9-5-14/h2-9,11,24-26H,10H2,1H3. The molecule has 0 atom stereocenters. The summed E-state index contributed by atoms with van der Waals surface area (Å²) in [5.41, 5.74) is 4.29. The van der Waals surface area contributed by atoms with Gasteiger partial charge in [-0.25, -0.2) is 9.97 Å². The first kappa shape index (κ1) is 16.0. The Morgan fingerprint density at radius 1 is 0.846 bits per heavy atom. The second-order valence-corrected chi connectivity index (χ2v) is 6.18. The number of nitrogens with zero attached hydrogens (tertiary/aromatic N) is 3. The van der Waals surface area contributed by atoms with E-state index in [2.05, 4.69) is 9.97 Å². The molecule has 4 rings (SSSR count). The summed E-state index contributed by atoms with van der Waals surface area (Å²) in [5.74, 6) is 0.457. The summed E-state index contributed by atoms with van der Waals surface area (Å²) in [6.07, 6.45) is 2.18. The van der Waals surface area contributed by atoms with E-state index in [9.17, 15) is 15.3 Å². The number of benzene rings is 2. The summed E-state index contributed by atoms with van der Waals surface area (Å²) in [5, 5.41) is 29.5. The molecule has 2 heterocycles. The van der Waals surface area contributed by atoms with E-state index in [0.717, 1.165) is 11.1 Å². The van der Waals surface area contributed by atoms with E-state index >= 15 is 0 Å². The highest BCUT2D eigenvalue weighted by Crippen LogP contribution is 2.27. The predicted octanol–water partition coefficient (Wildman–Crippen LogP) is 3.41. The number of phenolic OH excluding ortho intramolecular Hbond substituents is 2. The Hall–Kier alpha value is -3.54. The van der Waals surface area contributed by atoms with E-state index in [0.29, 0.717) is 29.1 Å². The summed E-state index contributed by atoms with van der Waals surface area (Å²) >= 11 is 0. The number of aryl methyl sites for hydroxylation is 1. The number of aromatic nitrogens is 3. The zero-order chi connectivity index (χ0) is 18.3. The molecule has 0 saturated heterocycles. The van der Waals surface area contributed by atoms with Crippen molar-refractivity contribution in [3.05, 3.63) is 71.7 Å². The Morgan fingerprint density at radius 3 is 2.12 bits per heavy atom. The molecule has 0 aliphatic heterocycles. The molecule has 0 spiro atoms. The SMILES string of the molecule is Cc1nc(-c2ccc(O)cc2)cn2c(O)c(Cc3ccc(O)cc3)nc12. The molecular formula is C20H17N3O3. The average Bonchev–Trinajstić information content (AvgIpc) is 2.94. The van der Waals surface area contributed by atoms with Gasteiger partial charge >= 0.3 is 0 Å². The smallest absolute Gasteiger partial charge is 0.219 e. The van der Waals surface area contributed by atoms with Crippen molar-refractivity contribution in [2.45, 2.75) is 13.3 Å². The summed E-state index contributed by atoms with van der Waals surface area (Å²) < 4.78 is 1.63. The molecule has 130 valence electrons. The summed E-state index contributed by atoms with van der Waals surface area (Å²) in [7, 11) is 0. The van der Waals surface area contributed by atoms with Crippen LogP contribution in [0.15, 0.2) is 54.7 Å². The van der Waals surface area contributed by atoms with Crippen molar-refractivity contribution in [3.8, 4) is 28.6 Å². The van der Waals surface area contributed by atoms with Crippen LogP contribution in [0.4, 0.5) is 0 Å². The van der Waals surface area contributed by atoms with E-state index in [1.165, 1.54) is 0 Å². The van der Waals surface area contributed by atoms with Crippen molar-refractivity contribution < 1.29 is 15.3 Å². The Bertz CT molecular complexity index is 1080. The first-order valence-electron chi connectivity index (χ1n) is 8.16. The van der Waals surface area contributed by atoms with Gasteiger partial charge in [0.2, 0.25) is 5.88 Å². The molecular weight excluding hydrogens is 330 g/mol. The van der Waals surface area contributed by atoms with Crippen molar-refractivity contribution in [1.82, 2.24) is 14.4 Å². The maximum absolute atomic E-state index is 10.6. The van der Waals surface area contributed by atoms with Crippen LogP contribution < -0.4 is 0 Å². The van der Waals surface area contributed by atoms with Gasteiger partial charge in [0.1, 0.15) is 17.2 Å². The third-order valence-corrected chi connectivity index (χ3v) is 4.29. The van der Waals surface area contributed by atoms with Gasteiger partial charge in [0, 0.05) is 18.2 Å². The topological polar surface area (TPSA) is 90.9 Å². The van der Waals surface area contributed by atoms with Crippen LogP contribution in [0.1, 0.15) is 17.0 Å². The predicted molar refractivity (Wildman–Crippen MR) is 97.4 cm³/mol. The first-order valence-corrected chi connectivity index (χ1v) is 8.16. The number of hydrogen-bond acceptors (Lipinski definition) is 5. The second-order valence-electron chi connectivity index (χ2n) is 6.18. The molecule has 4 aromatic rings. The highest BCUT2D eigenvalue weighted by molar-refractivity contribution is 5.63. The van der Waals surface area contributed by atoms with Crippen LogP contribution in [0.2, 0.25) is 0 Å². The maximum atomic E-state index is 10.6. The Kier molecular flexibility index (Phi) is 3.73. The third-order valence-electron chi connectivity index (χ3n) is 4.29. The van der Waals surface area contributed by atoms with Crippen molar-refractivity contribution in [2.75, 3.05) is 0 Å². The molecule has 0 bridgehead atoms. The van der Waals surface area contributed by atoms with Gasteiger partial charge in [-0.15, -0.1) is 0 Å². The van der Waals surface area contributed by atoms with Crippen LogP contribution >= 0.6 is 0 Å². The Labute approximate surface area is 149 Å². The number of aromatic hydroxyl groups is 3. The molecule has 6 heteroatoms. The molecule has 0 saturated carbocycles. The van der Waals surface area contributed by atoms with E-state index < -0.39 is 0 Å². The molecule has 2 aromatic carbocycles. The van der Waals surface area contributed by atoms with Gasteiger partial charge in [-0.05, 0) is 48.9 Å². The maximum Gasteiger partial charge on any atom is 0.219 e. The lowest BCUT2D eigenvalue weighted by Gasteiger charge is -2.05. The molecule has 26 heavy (non-hydrogen) atoms. The number of rotatable bonds is 3. The van der Waals surface area contributed by atoms with Crippen LogP contribution in [0.5, 0.6) is 17.4 Å². The van der Waals surface area contributed by atoms with Crippen LogP contribution in [0.25, 0.3) is 16.9 Å². The van der Waals surface area contributed by atoms with Crippen molar-refractivity contribution in [1.29, 1.82) is 0 Å². The summed E-state index contributed by atoms with van der Waals surface area (Å²) in [4.78, 5) is 9.09. The van der Waals surface area contributed by atoms with Gasteiger partial charge in [-0.2, -0.15) is 0 Å². The minimum absolute atomic E-state index is 0.0682. The first-order chi connectivity index (χ1) is 12.5. The Balaban J connectivity index is 1.78. The zero-order valence-corrected chi connectivity index (χ0v) is 14.1. The molecule has 0 radical (unpaired) electrons. The minimum atomic E-state index is 0.0682. The largest absolute Gasteiger partial charge is 0.508 e. The molecule has 6 nitrogen and oxygen atoms in total. The third kappa shape index (κ3) is 2.82. The number of fused-ring (bicyclic) bond motifs is 1. The fourth-order valence-corrected chi connectivity index (χ4v) is 2.93. The molecule has 0 unspecified atom stereocenters. The Morgan fingerprint density at radius 2 is 1.46 bits per heavy atom. The van der Waals surface area contributed by atoms with Crippen LogP contribution in [-0.2, 0) is 6.42 Å². The lowest BCUT2D eigenvalue weighted by Crippen LogP contribution is -1.95. The zero-order valence-electron chi connectivity index (χ0n) is 14.1. The number of imidazole rings is 1. The van der Waals surface area contributed by atoms with Crippen molar-refractivity contribution in [2.24, 2.45) is 0 Å². The van der Waals surface area contributed by atoms with E-state index in [-0.39, 0.29) is 17.4 Å². The van der Waals surface area contributed by atoms with Gasteiger partial charge in [-0.3, -0.25) is 4.40 Å². The van der Waals surface area contributed by atoms with Gasteiger partial charge in [-0.1, -0.05) is 12.1 Å². The van der Waals surface area contributed by atoms with Crippen molar-refractivity contribution >= 4 is 5.65 Å². The van der Waals surface area contributed by atoms with Gasteiger partial charge in [0.15, 0.2) is 5.65 Å². The lowest BCUT2D eigenvalue weighted by atomic mass is 10.1. The summed E-state index contributed by atoms with van der Waals surface area (Å²) in [6.45, 7) is 1.84. The molecule has 0 amide bonds. The van der Waals surface area contributed by atoms with E-state index in [1.807, 2.05) is 6.92 Å². The number of phenols is 2. The van der Waals surface area contributed by atoms with Gasteiger partial charge in [0.25, 0.3) is 0 Å². The van der Waals surface area contributed by atoms with E-state index in [4.69, 9.17) is 0 Å². The highest BCUT2D eigenvalue weighted by Gasteiger charge is 2.15. The quantitative estimate of drug-likeness (QED) is 0.528. The average molecular weight is 347 g/mol. The van der Waals surface area contributed by atoms with Crippen molar-refractivity contribution in [3.63, 3.8) is 0 Å². The fourth-order valence-electron chi connectivity index (χ4n) is 2.93. The van der Waals surface area contributed by atoms with Gasteiger partial charge in [0.05, 0.1) is 11.4 Å².